The molecule has 0 spiro atoms. The van der Waals surface area contributed by atoms with Crippen LogP contribution in [-0.4, -0.2) is 40.6 Å². The number of rotatable bonds is 4. The van der Waals surface area contributed by atoms with Gasteiger partial charge in [-0.2, -0.15) is 4.98 Å². The molecule has 3 unspecified atom stereocenters. The molecule has 0 bridgehead atoms. The summed E-state index contributed by atoms with van der Waals surface area (Å²) < 4.78 is 25.9. The van der Waals surface area contributed by atoms with Crippen molar-refractivity contribution in [2.45, 2.75) is 24.9 Å². The van der Waals surface area contributed by atoms with Crippen LogP contribution in [0.5, 0.6) is 0 Å². The second kappa shape index (κ2) is 5.90. The van der Waals surface area contributed by atoms with Crippen LogP contribution in [0.3, 0.4) is 0 Å². The molecule has 0 radical (unpaired) electrons. The number of halogens is 1. The number of ether oxygens (including phenoxy) is 1. The zero-order valence-corrected chi connectivity index (χ0v) is 11.9. The fraction of sp³-hybridized carbons (Fsp3) is 0.429. The van der Waals surface area contributed by atoms with Gasteiger partial charge in [0.25, 0.3) is 0 Å². The van der Waals surface area contributed by atoms with Crippen molar-refractivity contribution >= 4 is 5.82 Å². The van der Waals surface area contributed by atoms with E-state index in [1.54, 1.807) is 19.2 Å². The SMILES string of the molecule is CNc1nc(=O)n(C2OC(CO)CC2F)cc1-c1ccco1. The van der Waals surface area contributed by atoms with Crippen molar-refractivity contribution in [1.82, 2.24) is 9.55 Å². The zero-order chi connectivity index (χ0) is 15.7. The van der Waals surface area contributed by atoms with Crippen molar-refractivity contribution in [3.05, 3.63) is 35.1 Å². The summed E-state index contributed by atoms with van der Waals surface area (Å²) in [5.41, 5.74) is -0.110. The fourth-order valence-electron chi connectivity index (χ4n) is 2.52. The molecule has 1 fully saturated rings. The highest BCUT2D eigenvalue weighted by Gasteiger charge is 2.37. The van der Waals surface area contributed by atoms with Crippen molar-refractivity contribution in [3.63, 3.8) is 0 Å². The molecule has 0 aromatic carbocycles. The number of aromatic nitrogens is 2. The Morgan fingerprint density at radius 1 is 1.59 bits per heavy atom. The smallest absolute Gasteiger partial charge is 0.351 e. The Bertz CT molecular complexity index is 701. The highest BCUT2D eigenvalue weighted by Crippen LogP contribution is 2.32. The third kappa shape index (κ3) is 2.51. The number of alkyl halides is 1. The Labute approximate surface area is 125 Å². The Balaban J connectivity index is 2.05. The van der Waals surface area contributed by atoms with Gasteiger partial charge in [0.05, 0.1) is 24.5 Å². The lowest BCUT2D eigenvalue weighted by Gasteiger charge is -2.18. The molecule has 0 amide bonds. The van der Waals surface area contributed by atoms with Gasteiger partial charge in [-0.1, -0.05) is 0 Å². The summed E-state index contributed by atoms with van der Waals surface area (Å²) in [4.78, 5) is 16.0. The predicted molar refractivity (Wildman–Crippen MR) is 76.3 cm³/mol. The summed E-state index contributed by atoms with van der Waals surface area (Å²) in [7, 11) is 1.63. The molecule has 2 aromatic heterocycles. The van der Waals surface area contributed by atoms with Crippen molar-refractivity contribution < 1.29 is 18.7 Å². The van der Waals surface area contributed by atoms with Crippen LogP contribution in [0, 0.1) is 0 Å². The molecule has 0 aliphatic carbocycles. The predicted octanol–water partition coefficient (Wildman–Crippen LogP) is 1.16. The van der Waals surface area contributed by atoms with Gasteiger partial charge < -0.3 is 19.6 Å². The van der Waals surface area contributed by atoms with Gasteiger partial charge in [-0.05, 0) is 12.1 Å². The molecular weight excluding hydrogens is 293 g/mol. The third-order valence-corrected chi connectivity index (χ3v) is 3.58. The van der Waals surface area contributed by atoms with Gasteiger partial charge in [-0.25, -0.2) is 9.18 Å². The lowest BCUT2D eigenvalue weighted by Crippen LogP contribution is -2.31. The van der Waals surface area contributed by atoms with E-state index in [1.165, 1.54) is 12.5 Å². The molecule has 3 rings (SSSR count). The van der Waals surface area contributed by atoms with Gasteiger partial charge >= 0.3 is 5.69 Å². The standard InChI is InChI=1S/C14H16FN3O4/c1-16-12-9(11-3-2-4-21-11)6-18(14(20)17-12)13-10(15)5-8(7-19)22-13/h2-4,6,8,10,13,19H,5,7H2,1H3,(H,16,17,20). The lowest BCUT2D eigenvalue weighted by molar-refractivity contribution is -0.0392. The van der Waals surface area contributed by atoms with Crippen LogP contribution in [0.25, 0.3) is 11.3 Å². The molecule has 3 heterocycles. The summed E-state index contributed by atoms with van der Waals surface area (Å²) in [6.45, 7) is -0.293. The summed E-state index contributed by atoms with van der Waals surface area (Å²) >= 11 is 0. The van der Waals surface area contributed by atoms with E-state index in [0.29, 0.717) is 17.1 Å². The van der Waals surface area contributed by atoms with Gasteiger partial charge in [0.2, 0.25) is 0 Å². The molecule has 1 aliphatic heterocycles. The Hall–Kier alpha value is -2.19. The molecule has 3 atom stereocenters. The van der Waals surface area contributed by atoms with Crippen molar-refractivity contribution in [2.75, 3.05) is 19.0 Å². The normalized spacial score (nSPS) is 24.6. The molecule has 1 saturated heterocycles. The van der Waals surface area contributed by atoms with Gasteiger partial charge in [-0.3, -0.25) is 4.57 Å². The molecule has 2 aromatic rings. The van der Waals surface area contributed by atoms with E-state index in [4.69, 9.17) is 14.3 Å². The first-order valence-corrected chi connectivity index (χ1v) is 6.89. The van der Waals surface area contributed by atoms with Crippen LogP contribution in [0.15, 0.2) is 33.8 Å². The summed E-state index contributed by atoms with van der Waals surface area (Å²) in [6, 6.07) is 3.42. The van der Waals surface area contributed by atoms with Crippen LogP contribution < -0.4 is 11.0 Å². The minimum Gasteiger partial charge on any atom is -0.464 e. The molecule has 2 N–H and O–H groups in total. The summed E-state index contributed by atoms with van der Waals surface area (Å²) in [5, 5.41) is 11.9. The Morgan fingerprint density at radius 2 is 2.41 bits per heavy atom. The van der Waals surface area contributed by atoms with E-state index < -0.39 is 24.2 Å². The molecule has 8 heteroatoms. The van der Waals surface area contributed by atoms with Gasteiger partial charge in [0.15, 0.2) is 6.23 Å². The minimum absolute atomic E-state index is 0.0392. The number of furan rings is 1. The van der Waals surface area contributed by atoms with E-state index in [9.17, 15) is 9.18 Å². The molecule has 0 saturated carbocycles. The fourth-order valence-corrected chi connectivity index (χ4v) is 2.52. The second-order valence-corrected chi connectivity index (χ2v) is 5.00. The number of nitrogens with one attached hydrogen (secondary N) is 1. The van der Waals surface area contributed by atoms with E-state index in [0.717, 1.165) is 4.57 Å². The molecule has 7 nitrogen and oxygen atoms in total. The van der Waals surface area contributed by atoms with E-state index >= 15 is 0 Å². The maximum absolute atomic E-state index is 14.1. The number of nitrogens with zero attached hydrogens (tertiary/aromatic N) is 2. The quantitative estimate of drug-likeness (QED) is 0.881. The van der Waals surface area contributed by atoms with Crippen molar-refractivity contribution in [2.24, 2.45) is 0 Å². The number of anilines is 1. The van der Waals surface area contributed by atoms with E-state index in [-0.39, 0.29) is 13.0 Å². The van der Waals surface area contributed by atoms with Crippen LogP contribution >= 0.6 is 0 Å². The van der Waals surface area contributed by atoms with Gasteiger partial charge in [0, 0.05) is 19.7 Å². The molecule has 118 valence electrons. The highest BCUT2D eigenvalue weighted by atomic mass is 19.1. The molecule has 22 heavy (non-hydrogen) atoms. The number of hydrogen-bond donors (Lipinski definition) is 2. The average molecular weight is 309 g/mol. The van der Waals surface area contributed by atoms with Crippen molar-refractivity contribution in [1.29, 1.82) is 0 Å². The third-order valence-electron chi connectivity index (χ3n) is 3.58. The van der Waals surface area contributed by atoms with Crippen LogP contribution in [0.1, 0.15) is 12.6 Å². The Morgan fingerprint density at radius 3 is 3.00 bits per heavy atom. The van der Waals surface area contributed by atoms with Crippen LogP contribution in [0.4, 0.5) is 10.2 Å². The first-order valence-electron chi connectivity index (χ1n) is 6.89. The monoisotopic (exact) mass is 309 g/mol. The average Bonchev–Trinajstić information content (AvgIpc) is 3.16. The van der Waals surface area contributed by atoms with Crippen LogP contribution in [0.2, 0.25) is 0 Å². The van der Waals surface area contributed by atoms with Gasteiger partial charge in [-0.15, -0.1) is 0 Å². The number of hydrogen-bond acceptors (Lipinski definition) is 6. The highest BCUT2D eigenvalue weighted by molar-refractivity contribution is 5.70. The first-order chi connectivity index (χ1) is 10.6. The van der Waals surface area contributed by atoms with E-state index in [1.807, 2.05) is 0 Å². The first kappa shape index (κ1) is 14.7. The topological polar surface area (TPSA) is 89.5 Å². The van der Waals surface area contributed by atoms with Crippen molar-refractivity contribution in [3.8, 4) is 11.3 Å². The summed E-state index contributed by atoms with van der Waals surface area (Å²) in [5.74, 6) is 0.834. The number of aliphatic hydroxyl groups is 1. The second-order valence-electron chi connectivity index (χ2n) is 5.00. The molecular formula is C14H16FN3O4. The maximum Gasteiger partial charge on any atom is 0.351 e. The largest absolute Gasteiger partial charge is 0.464 e. The summed E-state index contributed by atoms with van der Waals surface area (Å²) in [6.07, 6.45) is -0.119. The molecule has 1 aliphatic rings. The minimum atomic E-state index is -1.39. The van der Waals surface area contributed by atoms with E-state index in [2.05, 4.69) is 10.3 Å². The van der Waals surface area contributed by atoms with Gasteiger partial charge in [0.1, 0.15) is 17.7 Å². The Kier molecular flexibility index (Phi) is 3.95. The van der Waals surface area contributed by atoms with Crippen LogP contribution in [-0.2, 0) is 4.74 Å². The maximum atomic E-state index is 14.1. The number of aliphatic hydroxyl groups excluding tert-OH is 1. The lowest BCUT2D eigenvalue weighted by atomic mass is 10.2. The zero-order valence-electron chi connectivity index (χ0n) is 11.9.